The lowest BCUT2D eigenvalue weighted by atomic mass is 9.99. The topological polar surface area (TPSA) is 51.2 Å². The van der Waals surface area contributed by atoms with E-state index in [4.69, 9.17) is 10.3 Å². The molecular formula is C11H20N2O. The van der Waals surface area contributed by atoms with Crippen LogP contribution in [0.3, 0.4) is 0 Å². The molecule has 80 valence electrons. The minimum absolute atomic E-state index is 0.356. The van der Waals surface area contributed by atoms with E-state index in [2.05, 4.69) is 19.3 Å². The summed E-state index contributed by atoms with van der Waals surface area (Å²) < 4.78 is 5.02. The minimum Gasteiger partial charge on any atom is -0.472 e. The first kappa shape index (κ1) is 11.3. The molecule has 0 aromatic carbocycles. The maximum Gasteiger partial charge on any atom is 0.0935 e. The second kappa shape index (κ2) is 5.83. The molecule has 0 saturated heterocycles. The van der Waals surface area contributed by atoms with Gasteiger partial charge in [-0.1, -0.05) is 13.8 Å². The van der Waals surface area contributed by atoms with Crippen LogP contribution in [0.4, 0.5) is 0 Å². The van der Waals surface area contributed by atoms with Gasteiger partial charge >= 0.3 is 0 Å². The lowest BCUT2D eigenvalue weighted by Crippen LogP contribution is -2.36. The minimum atomic E-state index is 0.356. The second-order valence-electron chi connectivity index (χ2n) is 4.17. The van der Waals surface area contributed by atoms with Gasteiger partial charge in [0.05, 0.1) is 12.5 Å². The number of hydrazine groups is 1. The van der Waals surface area contributed by atoms with Crippen molar-refractivity contribution in [3.8, 4) is 0 Å². The van der Waals surface area contributed by atoms with Gasteiger partial charge in [-0.05, 0) is 36.8 Å². The summed E-state index contributed by atoms with van der Waals surface area (Å²) in [6.45, 7) is 4.46. The van der Waals surface area contributed by atoms with Crippen molar-refractivity contribution in [2.75, 3.05) is 0 Å². The van der Waals surface area contributed by atoms with Crippen molar-refractivity contribution in [1.82, 2.24) is 5.43 Å². The van der Waals surface area contributed by atoms with Gasteiger partial charge in [-0.25, -0.2) is 0 Å². The number of nitrogens with one attached hydrogen (secondary N) is 1. The van der Waals surface area contributed by atoms with E-state index in [1.54, 1.807) is 12.5 Å². The van der Waals surface area contributed by atoms with Crippen LogP contribution in [0, 0.1) is 5.92 Å². The van der Waals surface area contributed by atoms with Crippen molar-refractivity contribution in [2.24, 2.45) is 11.8 Å². The third kappa shape index (κ3) is 3.94. The molecule has 3 nitrogen and oxygen atoms in total. The largest absolute Gasteiger partial charge is 0.472 e. The van der Waals surface area contributed by atoms with Gasteiger partial charge in [0.15, 0.2) is 0 Å². The number of hydrogen-bond donors (Lipinski definition) is 2. The Hall–Kier alpha value is -0.800. The number of furan rings is 1. The molecule has 3 heteroatoms. The van der Waals surface area contributed by atoms with Gasteiger partial charge in [-0.3, -0.25) is 11.3 Å². The van der Waals surface area contributed by atoms with Crippen LogP contribution < -0.4 is 11.3 Å². The lowest BCUT2D eigenvalue weighted by Gasteiger charge is -2.15. The first-order chi connectivity index (χ1) is 6.72. The van der Waals surface area contributed by atoms with E-state index >= 15 is 0 Å². The molecule has 1 aromatic rings. The Kier molecular flexibility index (Phi) is 4.70. The van der Waals surface area contributed by atoms with Gasteiger partial charge < -0.3 is 4.42 Å². The first-order valence-electron chi connectivity index (χ1n) is 5.19. The maximum atomic E-state index is 5.49. The standard InChI is InChI=1S/C11H20N2O/c1-9(2)3-4-11(13-12)7-10-5-6-14-8-10/h5-6,8-9,11,13H,3-4,7,12H2,1-2H3. The molecular weight excluding hydrogens is 176 g/mol. The molecule has 14 heavy (non-hydrogen) atoms. The molecule has 0 bridgehead atoms. The first-order valence-corrected chi connectivity index (χ1v) is 5.19. The second-order valence-corrected chi connectivity index (χ2v) is 4.17. The van der Waals surface area contributed by atoms with Crippen LogP contribution in [-0.2, 0) is 6.42 Å². The van der Waals surface area contributed by atoms with Crippen LogP contribution in [0.25, 0.3) is 0 Å². The SMILES string of the molecule is CC(C)CCC(Cc1ccoc1)NN. The third-order valence-corrected chi connectivity index (χ3v) is 2.39. The van der Waals surface area contributed by atoms with E-state index in [0.717, 1.165) is 18.8 Å². The van der Waals surface area contributed by atoms with Crippen LogP contribution in [0.15, 0.2) is 23.0 Å². The summed E-state index contributed by atoms with van der Waals surface area (Å²) in [6, 6.07) is 2.34. The summed E-state index contributed by atoms with van der Waals surface area (Å²) >= 11 is 0. The van der Waals surface area contributed by atoms with Crippen LogP contribution in [0.1, 0.15) is 32.3 Å². The van der Waals surface area contributed by atoms with Gasteiger partial charge in [0.25, 0.3) is 0 Å². The lowest BCUT2D eigenvalue weighted by molar-refractivity contribution is 0.433. The summed E-state index contributed by atoms with van der Waals surface area (Å²) in [5.41, 5.74) is 4.06. The molecule has 0 fully saturated rings. The Balaban J connectivity index is 2.32. The van der Waals surface area contributed by atoms with E-state index in [-0.39, 0.29) is 0 Å². The Bertz CT molecular complexity index is 231. The number of hydrogen-bond acceptors (Lipinski definition) is 3. The van der Waals surface area contributed by atoms with E-state index in [1.807, 2.05) is 6.07 Å². The Morgan fingerprint density at radius 1 is 1.43 bits per heavy atom. The van der Waals surface area contributed by atoms with Gasteiger partial charge in [0, 0.05) is 6.04 Å². The molecule has 0 saturated carbocycles. The van der Waals surface area contributed by atoms with Crippen molar-refractivity contribution in [3.05, 3.63) is 24.2 Å². The van der Waals surface area contributed by atoms with Crippen LogP contribution in [0.5, 0.6) is 0 Å². The zero-order valence-electron chi connectivity index (χ0n) is 8.99. The molecule has 0 aliphatic heterocycles. The van der Waals surface area contributed by atoms with Gasteiger partial charge in [0.1, 0.15) is 0 Å². The van der Waals surface area contributed by atoms with Crippen molar-refractivity contribution in [3.63, 3.8) is 0 Å². The fourth-order valence-corrected chi connectivity index (χ4v) is 1.47. The van der Waals surface area contributed by atoms with Crippen molar-refractivity contribution >= 4 is 0 Å². The predicted octanol–water partition coefficient (Wildman–Crippen LogP) is 2.09. The third-order valence-electron chi connectivity index (χ3n) is 2.39. The van der Waals surface area contributed by atoms with E-state index in [1.165, 1.54) is 12.0 Å². The zero-order valence-corrected chi connectivity index (χ0v) is 8.99. The fourth-order valence-electron chi connectivity index (χ4n) is 1.47. The molecule has 1 unspecified atom stereocenters. The highest BCUT2D eigenvalue weighted by molar-refractivity contribution is 5.07. The highest BCUT2D eigenvalue weighted by atomic mass is 16.3. The Morgan fingerprint density at radius 3 is 2.71 bits per heavy atom. The molecule has 1 atom stereocenters. The van der Waals surface area contributed by atoms with Crippen molar-refractivity contribution in [1.29, 1.82) is 0 Å². The van der Waals surface area contributed by atoms with Gasteiger partial charge in [-0.15, -0.1) is 0 Å². The average Bonchev–Trinajstić information content (AvgIpc) is 2.64. The van der Waals surface area contributed by atoms with Crippen molar-refractivity contribution in [2.45, 2.75) is 39.2 Å². The summed E-state index contributed by atoms with van der Waals surface area (Å²) in [5, 5.41) is 0. The Labute approximate surface area is 85.6 Å². The zero-order chi connectivity index (χ0) is 10.4. The molecule has 0 spiro atoms. The van der Waals surface area contributed by atoms with Gasteiger partial charge in [0.2, 0.25) is 0 Å². The number of nitrogens with two attached hydrogens (primary N) is 1. The maximum absolute atomic E-state index is 5.49. The highest BCUT2D eigenvalue weighted by Gasteiger charge is 2.09. The summed E-state index contributed by atoms with van der Waals surface area (Å²) in [5.74, 6) is 6.23. The molecule has 0 aliphatic rings. The predicted molar refractivity (Wildman–Crippen MR) is 57.6 cm³/mol. The molecule has 1 aromatic heterocycles. The summed E-state index contributed by atoms with van der Waals surface area (Å²) in [7, 11) is 0. The van der Waals surface area contributed by atoms with E-state index in [0.29, 0.717) is 6.04 Å². The van der Waals surface area contributed by atoms with Crippen molar-refractivity contribution < 1.29 is 4.42 Å². The highest BCUT2D eigenvalue weighted by Crippen LogP contribution is 2.11. The summed E-state index contributed by atoms with van der Waals surface area (Å²) in [4.78, 5) is 0. The Morgan fingerprint density at radius 2 is 2.21 bits per heavy atom. The molecule has 0 radical (unpaired) electrons. The van der Waals surface area contributed by atoms with Crippen LogP contribution in [-0.4, -0.2) is 6.04 Å². The average molecular weight is 196 g/mol. The quantitative estimate of drug-likeness (QED) is 0.541. The smallest absolute Gasteiger partial charge is 0.0935 e. The molecule has 1 rings (SSSR count). The summed E-state index contributed by atoms with van der Waals surface area (Å²) in [6.07, 6.45) is 6.73. The van der Waals surface area contributed by atoms with Crippen LogP contribution in [0.2, 0.25) is 0 Å². The fraction of sp³-hybridized carbons (Fsp3) is 0.636. The normalized spacial score (nSPS) is 13.4. The van der Waals surface area contributed by atoms with Gasteiger partial charge in [-0.2, -0.15) is 0 Å². The van der Waals surface area contributed by atoms with E-state index < -0.39 is 0 Å². The molecule has 3 N–H and O–H groups in total. The molecule has 0 aliphatic carbocycles. The molecule has 0 amide bonds. The van der Waals surface area contributed by atoms with Crippen LogP contribution >= 0.6 is 0 Å². The van der Waals surface area contributed by atoms with E-state index in [9.17, 15) is 0 Å². The molecule has 1 heterocycles. The monoisotopic (exact) mass is 196 g/mol. The number of rotatable bonds is 6.